The van der Waals surface area contributed by atoms with Crippen molar-refractivity contribution in [2.24, 2.45) is 0 Å². The Morgan fingerprint density at radius 2 is 1.51 bits per heavy atom. The van der Waals surface area contributed by atoms with E-state index in [0.29, 0.717) is 32.9 Å². The lowest BCUT2D eigenvalue weighted by Gasteiger charge is -2.08. The van der Waals surface area contributed by atoms with Gasteiger partial charge in [-0.3, -0.25) is 0 Å². The molecule has 0 unspecified atom stereocenters. The topological polar surface area (TPSA) is 73.6 Å². The Morgan fingerprint density at radius 3 is 2.20 bits per heavy atom. The number of fused-ring (bicyclic) bond motifs is 1. The van der Waals surface area contributed by atoms with Crippen molar-refractivity contribution in [1.29, 1.82) is 0 Å². The monoisotopic (exact) mass is 504 g/mol. The van der Waals surface area contributed by atoms with Crippen LogP contribution in [0.4, 0.5) is 0 Å². The molecule has 174 valence electrons. The van der Waals surface area contributed by atoms with Crippen LogP contribution in [0.15, 0.2) is 85.1 Å². The first-order valence-corrected chi connectivity index (χ1v) is 11.3. The highest BCUT2D eigenvalue weighted by Gasteiger charge is 2.16. The van der Waals surface area contributed by atoms with Crippen LogP contribution in [0.5, 0.6) is 17.2 Å². The molecule has 0 aliphatic carbocycles. The fraction of sp³-hybridized carbons (Fsp3) is 0.0370. The summed E-state index contributed by atoms with van der Waals surface area (Å²) in [6.45, 7) is 0. The second-order valence-corrected chi connectivity index (χ2v) is 8.65. The van der Waals surface area contributed by atoms with E-state index in [9.17, 15) is 4.79 Å². The van der Waals surface area contributed by atoms with Gasteiger partial charge in [-0.15, -0.1) is 0 Å². The normalized spacial score (nSPS) is 10.9. The summed E-state index contributed by atoms with van der Waals surface area (Å²) in [5, 5.41) is 16.9. The highest BCUT2D eigenvalue weighted by Crippen LogP contribution is 2.36. The van der Waals surface area contributed by atoms with Crippen LogP contribution in [0.3, 0.4) is 0 Å². The molecule has 0 saturated heterocycles. The lowest BCUT2D eigenvalue weighted by molar-refractivity contribution is 0.0697. The van der Waals surface area contributed by atoms with E-state index < -0.39 is 5.97 Å². The number of rotatable bonds is 6. The van der Waals surface area contributed by atoms with Crippen LogP contribution in [0.25, 0.3) is 27.7 Å². The van der Waals surface area contributed by atoms with Crippen molar-refractivity contribution in [2.75, 3.05) is 7.11 Å². The molecule has 1 N–H and O–H groups in total. The Hall–Kier alpha value is -4.00. The van der Waals surface area contributed by atoms with E-state index in [1.54, 1.807) is 48.3 Å². The molecule has 35 heavy (non-hydrogen) atoms. The third-order valence-corrected chi connectivity index (χ3v) is 5.88. The zero-order valence-electron chi connectivity index (χ0n) is 18.4. The smallest absolute Gasteiger partial charge is 0.335 e. The molecular formula is C27H18Cl2N2O4. The average Bonchev–Trinajstić information content (AvgIpc) is 3.27. The standard InChI is InChI=1S/C27H18Cl2N2O4/c1-34-24-9-6-17-10-19(3-2-18(17)11-24)26-25(35-23-7-4-16(5-8-23)27(32)33)15-31(30-26)22-13-20(28)12-21(29)14-22/h2-15H,1H3,(H,32,33). The van der Waals surface area contributed by atoms with Crippen molar-refractivity contribution in [2.45, 2.75) is 0 Å². The summed E-state index contributed by atoms with van der Waals surface area (Å²) >= 11 is 12.4. The minimum absolute atomic E-state index is 0.173. The van der Waals surface area contributed by atoms with Crippen molar-refractivity contribution >= 4 is 39.9 Å². The number of hydrogen-bond donors (Lipinski definition) is 1. The van der Waals surface area contributed by atoms with Gasteiger partial charge in [-0.1, -0.05) is 41.4 Å². The molecule has 5 aromatic rings. The highest BCUT2D eigenvalue weighted by atomic mass is 35.5. The molecule has 6 nitrogen and oxygen atoms in total. The molecule has 0 bridgehead atoms. The van der Waals surface area contributed by atoms with E-state index in [4.69, 9.17) is 42.9 Å². The van der Waals surface area contributed by atoms with Crippen LogP contribution in [-0.2, 0) is 0 Å². The van der Waals surface area contributed by atoms with Crippen LogP contribution in [-0.4, -0.2) is 28.0 Å². The number of aromatic carboxylic acids is 1. The third-order valence-electron chi connectivity index (χ3n) is 5.44. The van der Waals surface area contributed by atoms with Gasteiger partial charge in [-0.2, -0.15) is 5.10 Å². The number of aromatic nitrogens is 2. The van der Waals surface area contributed by atoms with Gasteiger partial charge in [0.2, 0.25) is 0 Å². The van der Waals surface area contributed by atoms with Gasteiger partial charge >= 0.3 is 5.97 Å². The maximum atomic E-state index is 11.2. The Balaban J connectivity index is 1.61. The summed E-state index contributed by atoms with van der Waals surface area (Å²) in [4.78, 5) is 11.2. The van der Waals surface area contributed by atoms with E-state index in [1.807, 2.05) is 36.4 Å². The molecule has 8 heteroatoms. The van der Waals surface area contributed by atoms with Gasteiger partial charge in [0.25, 0.3) is 0 Å². The molecule has 0 fully saturated rings. The van der Waals surface area contributed by atoms with Crippen molar-refractivity contribution in [3.05, 3.63) is 101 Å². The molecule has 1 heterocycles. The largest absolute Gasteiger partial charge is 0.497 e. The molecule has 0 atom stereocenters. The van der Waals surface area contributed by atoms with Gasteiger partial charge in [-0.25, -0.2) is 9.48 Å². The predicted octanol–water partition coefficient (Wildman–Crippen LogP) is 7.50. The number of carboxylic acids is 1. The van der Waals surface area contributed by atoms with Gasteiger partial charge in [-0.05, 0) is 71.4 Å². The molecular weight excluding hydrogens is 487 g/mol. The number of benzene rings is 4. The van der Waals surface area contributed by atoms with E-state index in [1.165, 1.54) is 12.1 Å². The molecule has 0 amide bonds. The first-order chi connectivity index (χ1) is 16.9. The fourth-order valence-corrected chi connectivity index (χ4v) is 4.24. The summed E-state index contributed by atoms with van der Waals surface area (Å²) in [6.07, 6.45) is 1.74. The van der Waals surface area contributed by atoms with E-state index in [-0.39, 0.29) is 5.56 Å². The Labute approximate surface area is 210 Å². The second kappa shape index (κ2) is 9.33. The Bertz CT molecular complexity index is 1540. The zero-order valence-corrected chi connectivity index (χ0v) is 19.9. The van der Waals surface area contributed by atoms with E-state index in [2.05, 4.69) is 0 Å². The first-order valence-electron chi connectivity index (χ1n) is 10.5. The summed E-state index contributed by atoms with van der Waals surface area (Å²) < 4.78 is 13.1. The molecule has 0 aliphatic rings. The van der Waals surface area contributed by atoms with E-state index in [0.717, 1.165) is 22.1 Å². The Kier molecular flexibility index (Phi) is 6.07. The van der Waals surface area contributed by atoms with Crippen LogP contribution in [0.1, 0.15) is 10.4 Å². The van der Waals surface area contributed by atoms with Crippen LogP contribution in [0.2, 0.25) is 10.0 Å². The predicted molar refractivity (Wildman–Crippen MR) is 137 cm³/mol. The van der Waals surface area contributed by atoms with Gasteiger partial charge < -0.3 is 14.6 Å². The summed E-state index contributed by atoms with van der Waals surface area (Å²) in [7, 11) is 1.64. The fourth-order valence-electron chi connectivity index (χ4n) is 3.73. The zero-order chi connectivity index (χ0) is 24.5. The second-order valence-electron chi connectivity index (χ2n) is 7.77. The molecule has 1 aromatic heterocycles. The Morgan fingerprint density at radius 1 is 0.857 bits per heavy atom. The number of methoxy groups -OCH3 is 1. The molecule has 0 aliphatic heterocycles. The number of nitrogens with zero attached hydrogens (tertiary/aromatic N) is 2. The van der Waals surface area contributed by atoms with Crippen molar-refractivity contribution in [1.82, 2.24) is 9.78 Å². The number of ether oxygens (including phenoxy) is 2. The van der Waals surface area contributed by atoms with Crippen LogP contribution in [0, 0.1) is 0 Å². The maximum Gasteiger partial charge on any atom is 0.335 e. The number of carbonyl (C=O) groups is 1. The highest BCUT2D eigenvalue weighted by molar-refractivity contribution is 6.34. The average molecular weight is 505 g/mol. The first kappa shape index (κ1) is 22.8. The van der Waals surface area contributed by atoms with Crippen molar-refractivity contribution in [3.8, 4) is 34.2 Å². The lowest BCUT2D eigenvalue weighted by atomic mass is 10.0. The molecule has 5 rings (SSSR count). The summed E-state index contributed by atoms with van der Waals surface area (Å²) in [6, 6.07) is 23.2. The third kappa shape index (κ3) is 4.80. The van der Waals surface area contributed by atoms with Crippen LogP contribution >= 0.6 is 23.2 Å². The SMILES string of the molecule is COc1ccc2cc(-c3nn(-c4cc(Cl)cc(Cl)c4)cc3Oc3ccc(C(=O)O)cc3)ccc2c1. The number of halogens is 2. The minimum Gasteiger partial charge on any atom is -0.497 e. The van der Waals surface area contributed by atoms with Crippen molar-refractivity contribution in [3.63, 3.8) is 0 Å². The van der Waals surface area contributed by atoms with Crippen LogP contribution < -0.4 is 9.47 Å². The van der Waals surface area contributed by atoms with Gasteiger partial charge in [0.05, 0.1) is 24.6 Å². The van der Waals surface area contributed by atoms with Gasteiger partial charge in [0.15, 0.2) is 5.75 Å². The summed E-state index contributed by atoms with van der Waals surface area (Å²) in [5.74, 6) is 0.736. The van der Waals surface area contributed by atoms with Gasteiger partial charge in [0, 0.05) is 15.6 Å². The van der Waals surface area contributed by atoms with Crippen molar-refractivity contribution < 1.29 is 19.4 Å². The maximum absolute atomic E-state index is 11.2. The van der Waals surface area contributed by atoms with Gasteiger partial charge in [0.1, 0.15) is 17.2 Å². The quantitative estimate of drug-likeness (QED) is 0.259. The lowest BCUT2D eigenvalue weighted by Crippen LogP contribution is -1.95. The molecule has 0 spiro atoms. The minimum atomic E-state index is -1.00. The molecule has 0 radical (unpaired) electrons. The summed E-state index contributed by atoms with van der Waals surface area (Å²) in [5.41, 5.74) is 2.28. The number of hydrogen-bond acceptors (Lipinski definition) is 4. The molecule has 0 saturated carbocycles. The number of carboxylic acid groups (broad SMARTS) is 1. The van der Waals surface area contributed by atoms with E-state index >= 15 is 0 Å². The molecule has 4 aromatic carbocycles.